The normalized spacial score (nSPS) is 11.4. The zero-order valence-corrected chi connectivity index (χ0v) is 12.0. The van der Waals surface area contributed by atoms with Crippen molar-refractivity contribution in [3.63, 3.8) is 0 Å². The van der Waals surface area contributed by atoms with Crippen molar-refractivity contribution < 1.29 is 13.9 Å². The van der Waals surface area contributed by atoms with Crippen LogP contribution in [0.3, 0.4) is 0 Å². The van der Waals surface area contributed by atoms with E-state index in [0.717, 1.165) is 21.7 Å². The topological polar surface area (TPSA) is 57.4 Å². The van der Waals surface area contributed by atoms with Gasteiger partial charge >= 0.3 is 0 Å². The fourth-order valence-electron chi connectivity index (χ4n) is 1.65. The van der Waals surface area contributed by atoms with E-state index in [2.05, 4.69) is 29.7 Å². The van der Waals surface area contributed by atoms with E-state index in [4.69, 9.17) is 13.9 Å². The van der Waals surface area contributed by atoms with Crippen molar-refractivity contribution in [3.05, 3.63) is 16.5 Å². The molecule has 0 unspecified atom stereocenters. The van der Waals surface area contributed by atoms with Crippen molar-refractivity contribution in [2.24, 2.45) is 0 Å². The molecule has 0 aromatic carbocycles. The summed E-state index contributed by atoms with van der Waals surface area (Å²) in [5.41, 5.74) is 1.13. The molecule has 2 aromatic heterocycles. The zero-order chi connectivity index (χ0) is 13.1. The summed E-state index contributed by atoms with van der Waals surface area (Å²) in [5.74, 6) is 0.485. The van der Waals surface area contributed by atoms with Crippen LogP contribution in [0.5, 0.6) is 0 Å². The number of hydrogen-bond acceptors (Lipinski definition) is 7. The summed E-state index contributed by atoms with van der Waals surface area (Å²) in [6.45, 7) is 2.07. The van der Waals surface area contributed by atoms with E-state index in [9.17, 15) is 0 Å². The highest BCUT2D eigenvalue weighted by Gasteiger charge is 2.19. The molecule has 0 aliphatic carbocycles. The van der Waals surface area contributed by atoms with Crippen LogP contribution in [0.2, 0.25) is 0 Å². The average molecular weight is 286 g/mol. The molecule has 98 valence electrons. The van der Waals surface area contributed by atoms with Gasteiger partial charge in [0, 0.05) is 14.2 Å². The predicted molar refractivity (Wildman–Crippen MR) is 71.0 cm³/mol. The number of thiophene rings is 1. The monoisotopic (exact) mass is 286 g/mol. The van der Waals surface area contributed by atoms with E-state index < -0.39 is 0 Å². The maximum atomic E-state index is 5.34. The highest BCUT2D eigenvalue weighted by Crippen LogP contribution is 2.36. The van der Waals surface area contributed by atoms with Gasteiger partial charge in [-0.15, -0.1) is 21.5 Å². The third-order valence-corrected chi connectivity index (χ3v) is 3.85. The van der Waals surface area contributed by atoms with Crippen molar-refractivity contribution in [2.75, 3.05) is 14.2 Å². The summed E-state index contributed by atoms with van der Waals surface area (Å²) < 4.78 is 15.8. The van der Waals surface area contributed by atoms with Crippen LogP contribution in [0.1, 0.15) is 23.7 Å². The lowest BCUT2D eigenvalue weighted by Gasteiger charge is -2.10. The molecule has 0 saturated carbocycles. The average Bonchev–Trinajstić information content (AvgIpc) is 2.97. The number of nitrogens with zero attached hydrogens (tertiary/aromatic N) is 2. The van der Waals surface area contributed by atoms with Gasteiger partial charge in [-0.1, -0.05) is 19.6 Å². The Labute approximate surface area is 115 Å². The Morgan fingerprint density at radius 1 is 1.39 bits per heavy atom. The summed E-state index contributed by atoms with van der Waals surface area (Å²) in [6, 6.07) is 2.04. The first kappa shape index (κ1) is 13.5. The highest BCUT2D eigenvalue weighted by atomic mass is 32.1. The quantitative estimate of drug-likeness (QED) is 0.676. The molecule has 5 nitrogen and oxygen atoms in total. The Bertz CT molecular complexity index is 520. The lowest BCUT2D eigenvalue weighted by Crippen LogP contribution is -2.00. The van der Waals surface area contributed by atoms with Gasteiger partial charge < -0.3 is 13.9 Å². The third kappa shape index (κ3) is 2.59. The molecule has 2 aromatic rings. The molecule has 0 aliphatic rings. The number of rotatable bonds is 5. The van der Waals surface area contributed by atoms with Gasteiger partial charge in [0.1, 0.15) is 0 Å². The molecular weight excluding hydrogens is 272 g/mol. The van der Waals surface area contributed by atoms with Gasteiger partial charge in [-0.05, 0) is 18.1 Å². The number of thiol groups is 1. The summed E-state index contributed by atoms with van der Waals surface area (Å²) in [4.78, 5) is 1.92. The Kier molecular flexibility index (Phi) is 4.39. The smallest absolute Gasteiger partial charge is 0.273 e. The molecule has 0 fully saturated rings. The summed E-state index contributed by atoms with van der Waals surface area (Å²) in [6.07, 6.45) is 0.503. The van der Waals surface area contributed by atoms with Crippen LogP contribution in [-0.2, 0) is 15.9 Å². The van der Waals surface area contributed by atoms with Crippen LogP contribution >= 0.6 is 24.0 Å². The fourth-order valence-corrected chi connectivity index (χ4v) is 3.01. The lowest BCUT2D eigenvalue weighted by atomic mass is 10.2. The minimum absolute atomic E-state index is 0.261. The first-order valence-electron chi connectivity index (χ1n) is 5.40. The first-order chi connectivity index (χ1) is 8.69. The maximum Gasteiger partial charge on any atom is 0.273 e. The molecule has 7 heteroatoms. The van der Waals surface area contributed by atoms with Crippen LogP contribution in [0.4, 0.5) is 0 Å². The first-order valence-corrected chi connectivity index (χ1v) is 6.67. The van der Waals surface area contributed by atoms with Gasteiger partial charge in [0.25, 0.3) is 11.1 Å². The minimum Gasteiger partial charge on any atom is -0.411 e. The summed E-state index contributed by atoms with van der Waals surface area (Å²) >= 11 is 5.55. The van der Waals surface area contributed by atoms with Crippen molar-refractivity contribution in [2.45, 2.75) is 24.9 Å². The molecule has 0 atom stereocenters. The van der Waals surface area contributed by atoms with E-state index in [1.807, 2.05) is 6.07 Å². The second-order valence-electron chi connectivity index (χ2n) is 3.55. The van der Waals surface area contributed by atoms with Crippen molar-refractivity contribution >= 4 is 24.0 Å². The number of hydrogen-bond donors (Lipinski definition) is 1. The van der Waals surface area contributed by atoms with E-state index in [1.165, 1.54) is 11.3 Å². The summed E-state index contributed by atoms with van der Waals surface area (Å²) in [7, 11) is 3.22. The second-order valence-corrected chi connectivity index (χ2v) is 5.02. The highest BCUT2D eigenvalue weighted by molar-refractivity contribution is 7.80. The molecule has 2 heterocycles. The Morgan fingerprint density at radius 3 is 2.61 bits per heavy atom. The fraction of sp³-hybridized carbons (Fsp3) is 0.455. The van der Waals surface area contributed by atoms with Gasteiger partial charge in [-0.3, -0.25) is 0 Å². The minimum atomic E-state index is -0.368. The molecule has 18 heavy (non-hydrogen) atoms. The number of methoxy groups -OCH3 is 2. The van der Waals surface area contributed by atoms with E-state index in [0.29, 0.717) is 5.89 Å². The van der Waals surface area contributed by atoms with Gasteiger partial charge in [-0.2, -0.15) is 0 Å². The third-order valence-electron chi connectivity index (χ3n) is 2.48. The Morgan fingerprint density at radius 2 is 2.11 bits per heavy atom. The molecule has 0 saturated heterocycles. The molecule has 2 rings (SSSR count). The largest absolute Gasteiger partial charge is 0.411 e. The van der Waals surface area contributed by atoms with Gasteiger partial charge in [0.2, 0.25) is 0 Å². The zero-order valence-electron chi connectivity index (χ0n) is 10.3. The molecule has 0 radical (unpaired) electrons. The Hall–Kier alpha value is -0.890. The predicted octanol–water partition coefficient (Wildman–Crippen LogP) is 2.94. The standard InChI is InChI=1S/C11H14N2O3S2/c1-4-6-5-7(10(14-2)15-3)18-8(6)9-12-13-11(17)16-9/h5,10H,4H2,1-3H3,(H,13,17). The molecule has 0 spiro atoms. The van der Waals surface area contributed by atoms with E-state index in [1.54, 1.807) is 14.2 Å². The number of ether oxygens (including phenoxy) is 2. The van der Waals surface area contributed by atoms with Crippen LogP contribution in [0, 0.1) is 0 Å². The lowest BCUT2D eigenvalue weighted by molar-refractivity contribution is -0.103. The molecular formula is C11H14N2O3S2. The molecule has 0 N–H and O–H groups in total. The van der Waals surface area contributed by atoms with Gasteiger partial charge in [0.15, 0.2) is 6.29 Å². The van der Waals surface area contributed by atoms with Crippen LogP contribution in [0.25, 0.3) is 10.8 Å². The number of aromatic nitrogens is 2. The van der Waals surface area contributed by atoms with E-state index >= 15 is 0 Å². The van der Waals surface area contributed by atoms with Crippen molar-refractivity contribution in [1.82, 2.24) is 10.2 Å². The second kappa shape index (κ2) is 5.83. The van der Waals surface area contributed by atoms with Crippen molar-refractivity contribution in [3.8, 4) is 10.8 Å². The van der Waals surface area contributed by atoms with Crippen LogP contribution in [-0.4, -0.2) is 24.4 Å². The van der Waals surface area contributed by atoms with Crippen LogP contribution in [0.15, 0.2) is 15.7 Å². The van der Waals surface area contributed by atoms with E-state index in [-0.39, 0.29) is 11.5 Å². The Balaban J connectivity index is 2.41. The molecule has 0 aliphatic heterocycles. The molecule has 0 bridgehead atoms. The maximum absolute atomic E-state index is 5.34. The van der Waals surface area contributed by atoms with Gasteiger partial charge in [-0.25, -0.2) is 0 Å². The summed E-state index contributed by atoms with van der Waals surface area (Å²) in [5, 5.41) is 7.97. The van der Waals surface area contributed by atoms with Crippen LogP contribution < -0.4 is 0 Å². The number of aryl methyl sites for hydroxylation is 1. The molecule has 0 amide bonds. The SMILES string of the molecule is CCc1cc(C(OC)OC)sc1-c1nnc(S)o1. The van der Waals surface area contributed by atoms with Crippen molar-refractivity contribution in [1.29, 1.82) is 0 Å². The van der Waals surface area contributed by atoms with Gasteiger partial charge in [0.05, 0.1) is 9.75 Å².